The maximum atomic E-state index is 12.4. The van der Waals surface area contributed by atoms with Gasteiger partial charge in [-0.1, -0.05) is 42.5 Å². The number of amides is 1. The average Bonchev–Trinajstić information content (AvgIpc) is 3.34. The molecular weight excluding hydrogens is 340 g/mol. The largest absolute Gasteiger partial charge is 0.325 e. The van der Waals surface area contributed by atoms with Gasteiger partial charge in [-0.15, -0.1) is 11.3 Å². The standard InChI is InChI=1S/C22H22N2OS/c25-21(24-19-12-11-16-8-4-9-18(16)14-19)15-23-22(20-10-5-13-26-20)17-6-2-1-3-7-17/h1-3,5-7,10-14,22-23H,4,8-9,15H2,(H,24,25)/t22-/m1/s1. The van der Waals surface area contributed by atoms with E-state index < -0.39 is 0 Å². The number of thiophene rings is 1. The van der Waals surface area contributed by atoms with Crippen LogP contribution in [-0.2, 0) is 17.6 Å². The van der Waals surface area contributed by atoms with Crippen LogP contribution in [0, 0.1) is 0 Å². The summed E-state index contributed by atoms with van der Waals surface area (Å²) in [6.07, 6.45) is 3.49. The Balaban J connectivity index is 1.42. The van der Waals surface area contributed by atoms with E-state index in [1.165, 1.54) is 28.0 Å². The Morgan fingerprint density at radius 1 is 1.00 bits per heavy atom. The topological polar surface area (TPSA) is 41.1 Å². The van der Waals surface area contributed by atoms with Gasteiger partial charge in [-0.3, -0.25) is 10.1 Å². The van der Waals surface area contributed by atoms with Gasteiger partial charge >= 0.3 is 0 Å². The average molecular weight is 362 g/mol. The zero-order valence-electron chi connectivity index (χ0n) is 14.6. The summed E-state index contributed by atoms with van der Waals surface area (Å²) in [5.74, 6) is -0.0135. The number of nitrogens with one attached hydrogen (secondary N) is 2. The van der Waals surface area contributed by atoms with Gasteiger partial charge in [0.25, 0.3) is 0 Å². The molecule has 0 saturated heterocycles. The van der Waals surface area contributed by atoms with Crippen LogP contribution in [0.5, 0.6) is 0 Å². The van der Waals surface area contributed by atoms with Gasteiger partial charge in [-0.2, -0.15) is 0 Å². The molecule has 0 unspecified atom stereocenters. The number of rotatable bonds is 6. The summed E-state index contributed by atoms with van der Waals surface area (Å²) in [7, 11) is 0. The van der Waals surface area contributed by atoms with Crippen LogP contribution in [-0.4, -0.2) is 12.5 Å². The highest BCUT2D eigenvalue weighted by atomic mass is 32.1. The molecular formula is C22H22N2OS. The molecule has 0 fully saturated rings. The van der Waals surface area contributed by atoms with E-state index in [-0.39, 0.29) is 18.5 Å². The summed E-state index contributed by atoms with van der Waals surface area (Å²) in [6, 6.07) is 20.7. The molecule has 2 N–H and O–H groups in total. The molecule has 1 aliphatic carbocycles. The first-order valence-electron chi connectivity index (χ1n) is 9.03. The van der Waals surface area contributed by atoms with Crippen LogP contribution in [0.4, 0.5) is 5.69 Å². The number of hydrogen-bond donors (Lipinski definition) is 2. The predicted octanol–water partition coefficient (Wildman–Crippen LogP) is 4.55. The van der Waals surface area contributed by atoms with E-state index in [2.05, 4.69) is 46.3 Å². The van der Waals surface area contributed by atoms with E-state index >= 15 is 0 Å². The lowest BCUT2D eigenvalue weighted by Gasteiger charge is -2.18. The van der Waals surface area contributed by atoms with Crippen molar-refractivity contribution in [3.05, 3.63) is 87.6 Å². The SMILES string of the molecule is O=C(CN[C@H](c1ccccc1)c1cccs1)Nc1ccc2c(c1)CCC2. The molecule has 0 radical (unpaired) electrons. The van der Waals surface area contributed by atoms with E-state index in [0.29, 0.717) is 0 Å². The maximum Gasteiger partial charge on any atom is 0.238 e. The van der Waals surface area contributed by atoms with Crippen molar-refractivity contribution in [3.8, 4) is 0 Å². The van der Waals surface area contributed by atoms with Crippen LogP contribution >= 0.6 is 11.3 Å². The van der Waals surface area contributed by atoms with Gasteiger partial charge in [0.2, 0.25) is 5.91 Å². The molecule has 0 spiro atoms. The van der Waals surface area contributed by atoms with Crippen LogP contribution in [0.1, 0.15) is 34.0 Å². The van der Waals surface area contributed by atoms with Crippen molar-refractivity contribution in [3.63, 3.8) is 0 Å². The van der Waals surface area contributed by atoms with Gasteiger partial charge in [0.15, 0.2) is 0 Å². The van der Waals surface area contributed by atoms with Crippen LogP contribution in [0.2, 0.25) is 0 Å². The molecule has 1 aromatic heterocycles. The molecule has 2 aromatic carbocycles. The van der Waals surface area contributed by atoms with Gasteiger partial charge in [0.05, 0.1) is 12.6 Å². The molecule has 3 nitrogen and oxygen atoms in total. The Bertz CT molecular complexity index is 874. The number of carbonyl (C=O) groups is 1. The number of benzene rings is 2. The van der Waals surface area contributed by atoms with Crippen molar-refractivity contribution in [2.24, 2.45) is 0 Å². The number of aryl methyl sites for hydroxylation is 2. The van der Waals surface area contributed by atoms with Crippen LogP contribution in [0.25, 0.3) is 0 Å². The first-order valence-corrected chi connectivity index (χ1v) is 9.91. The Morgan fingerprint density at radius 2 is 1.85 bits per heavy atom. The van der Waals surface area contributed by atoms with Gasteiger partial charge < -0.3 is 5.32 Å². The van der Waals surface area contributed by atoms with Gasteiger partial charge in [0, 0.05) is 10.6 Å². The smallest absolute Gasteiger partial charge is 0.238 e. The second-order valence-electron chi connectivity index (χ2n) is 6.63. The van der Waals surface area contributed by atoms with Crippen molar-refractivity contribution in [1.82, 2.24) is 5.32 Å². The van der Waals surface area contributed by atoms with Gasteiger partial charge in [0.1, 0.15) is 0 Å². The fourth-order valence-corrected chi connectivity index (χ4v) is 4.36. The summed E-state index contributed by atoms with van der Waals surface area (Å²) in [6.45, 7) is 0.272. The molecule has 3 aromatic rings. The molecule has 0 bridgehead atoms. The highest BCUT2D eigenvalue weighted by Crippen LogP contribution is 2.26. The summed E-state index contributed by atoms with van der Waals surface area (Å²) < 4.78 is 0. The summed E-state index contributed by atoms with van der Waals surface area (Å²) in [5, 5.41) is 8.50. The Kier molecular flexibility index (Phi) is 5.14. The van der Waals surface area contributed by atoms with Crippen molar-refractivity contribution in [1.29, 1.82) is 0 Å². The minimum Gasteiger partial charge on any atom is -0.325 e. The zero-order valence-corrected chi connectivity index (χ0v) is 15.4. The third-order valence-corrected chi connectivity index (χ3v) is 5.75. The van der Waals surface area contributed by atoms with Gasteiger partial charge in [-0.25, -0.2) is 0 Å². The number of carbonyl (C=O) groups excluding carboxylic acids is 1. The molecule has 0 saturated carbocycles. The van der Waals surface area contributed by atoms with E-state index in [0.717, 1.165) is 18.5 Å². The third kappa shape index (κ3) is 3.87. The minimum atomic E-state index is -0.0135. The highest BCUT2D eigenvalue weighted by Gasteiger charge is 2.16. The van der Waals surface area contributed by atoms with Gasteiger partial charge in [-0.05, 0) is 59.5 Å². The van der Waals surface area contributed by atoms with Crippen molar-refractivity contribution in [2.75, 3.05) is 11.9 Å². The Hall–Kier alpha value is -2.43. The fourth-order valence-electron chi connectivity index (χ4n) is 3.53. The van der Waals surface area contributed by atoms with E-state index in [1.54, 1.807) is 11.3 Å². The molecule has 1 aliphatic rings. The molecule has 0 aliphatic heterocycles. The van der Waals surface area contributed by atoms with Crippen molar-refractivity contribution < 1.29 is 4.79 Å². The molecule has 132 valence electrons. The first-order chi connectivity index (χ1) is 12.8. The monoisotopic (exact) mass is 362 g/mol. The normalized spacial score (nSPS) is 14.0. The number of hydrogen-bond acceptors (Lipinski definition) is 3. The van der Waals surface area contributed by atoms with E-state index in [4.69, 9.17) is 0 Å². The molecule has 4 heteroatoms. The summed E-state index contributed by atoms with van der Waals surface area (Å²) in [5.41, 5.74) is 4.85. The lowest BCUT2D eigenvalue weighted by Crippen LogP contribution is -2.31. The van der Waals surface area contributed by atoms with E-state index in [1.807, 2.05) is 30.3 Å². The first kappa shape index (κ1) is 17.0. The Morgan fingerprint density at radius 3 is 2.65 bits per heavy atom. The lowest BCUT2D eigenvalue weighted by atomic mass is 10.1. The minimum absolute atomic E-state index is 0.0135. The predicted molar refractivity (Wildman–Crippen MR) is 108 cm³/mol. The molecule has 4 rings (SSSR count). The van der Waals surface area contributed by atoms with Crippen molar-refractivity contribution in [2.45, 2.75) is 25.3 Å². The van der Waals surface area contributed by atoms with Crippen LogP contribution < -0.4 is 10.6 Å². The maximum absolute atomic E-state index is 12.4. The molecule has 1 atom stereocenters. The molecule has 26 heavy (non-hydrogen) atoms. The quantitative estimate of drug-likeness (QED) is 0.675. The number of fused-ring (bicyclic) bond motifs is 1. The lowest BCUT2D eigenvalue weighted by molar-refractivity contribution is -0.115. The van der Waals surface area contributed by atoms with Crippen molar-refractivity contribution >= 4 is 22.9 Å². The second kappa shape index (κ2) is 7.85. The fraction of sp³-hybridized carbons (Fsp3) is 0.227. The molecule has 1 heterocycles. The summed E-state index contributed by atoms with van der Waals surface area (Å²) >= 11 is 1.70. The summed E-state index contributed by atoms with van der Waals surface area (Å²) in [4.78, 5) is 13.7. The molecule has 1 amide bonds. The second-order valence-corrected chi connectivity index (χ2v) is 7.60. The number of anilines is 1. The Labute approximate surface area is 158 Å². The van der Waals surface area contributed by atoms with Crippen LogP contribution in [0.3, 0.4) is 0 Å². The van der Waals surface area contributed by atoms with Crippen LogP contribution in [0.15, 0.2) is 66.0 Å². The highest BCUT2D eigenvalue weighted by molar-refractivity contribution is 7.10. The van der Waals surface area contributed by atoms with E-state index in [9.17, 15) is 4.79 Å². The third-order valence-electron chi connectivity index (χ3n) is 4.81. The zero-order chi connectivity index (χ0) is 17.8.